The molecule has 108 valence electrons. The molecule has 20 heavy (non-hydrogen) atoms. The fraction of sp³-hybridized carbons (Fsp3) is 0.286. The Morgan fingerprint density at radius 1 is 1.25 bits per heavy atom. The Bertz CT molecular complexity index is 676. The molecule has 0 atom stereocenters. The lowest BCUT2D eigenvalue weighted by atomic mass is 10.0. The standard InChI is InChI=1S/C14H17NO3S2/c1-10(2)11-6-7-12(13(9-11)18-3)15-20(16,17)14-5-4-8-19-14/h4-10,15H,1-3H3. The molecule has 0 aliphatic rings. The van der Waals surface area contributed by atoms with E-state index in [9.17, 15) is 8.42 Å². The second-order valence-corrected chi connectivity index (χ2v) is 7.51. The number of rotatable bonds is 5. The zero-order valence-electron chi connectivity index (χ0n) is 11.6. The number of anilines is 1. The maximum absolute atomic E-state index is 12.2. The van der Waals surface area contributed by atoms with Gasteiger partial charge in [-0.25, -0.2) is 8.42 Å². The van der Waals surface area contributed by atoms with Crippen LogP contribution in [-0.2, 0) is 10.0 Å². The number of hydrogen-bond donors (Lipinski definition) is 1. The fourth-order valence-electron chi connectivity index (χ4n) is 1.76. The number of hydrogen-bond acceptors (Lipinski definition) is 4. The van der Waals surface area contributed by atoms with Gasteiger partial charge in [-0.05, 0) is 35.1 Å². The summed E-state index contributed by atoms with van der Waals surface area (Å²) in [6.45, 7) is 4.15. The van der Waals surface area contributed by atoms with Crippen LogP contribution in [0, 0.1) is 0 Å². The average molecular weight is 311 g/mol. The molecular weight excluding hydrogens is 294 g/mol. The monoisotopic (exact) mass is 311 g/mol. The molecule has 0 amide bonds. The van der Waals surface area contributed by atoms with Crippen molar-refractivity contribution in [3.63, 3.8) is 0 Å². The van der Waals surface area contributed by atoms with Crippen molar-refractivity contribution in [1.82, 2.24) is 0 Å². The molecule has 0 bridgehead atoms. The molecule has 6 heteroatoms. The van der Waals surface area contributed by atoms with E-state index in [-0.39, 0.29) is 4.21 Å². The largest absolute Gasteiger partial charge is 0.495 e. The van der Waals surface area contributed by atoms with Crippen LogP contribution in [0.15, 0.2) is 39.9 Å². The predicted molar refractivity (Wildman–Crippen MR) is 82.2 cm³/mol. The zero-order valence-corrected chi connectivity index (χ0v) is 13.2. The smallest absolute Gasteiger partial charge is 0.271 e. The molecule has 2 rings (SSSR count). The molecule has 1 heterocycles. The summed E-state index contributed by atoms with van der Waals surface area (Å²) in [6.07, 6.45) is 0. The van der Waals surface area contributed by atoms with Gasteiger partial charge < -0.3 is 4.74 Å². The van der Waals surface area contributed by atoms with Gasteiger partial charge in [-0.3, -0.25) is 4.72 Å². The minimum absolute atomic E-state index is 0.285. The second-order valence-electron chi connectivity index (χ2n) is 4.65. The van der Waals surface area contributed by atoms with Gasteiger partial charge in [0.25, 0.3) is 10.0 Å². The van der Waals surface area contributed by atoms with Crippen molar-refractivity contribution in [1.29, 1.82) is 0 Å². The third kappa shape index (κ3) is 3.13. The molecule has 0 aliphatic carbocycles. The van der Waals surface area contributed by atoms with E-state index in [4.69, 9.17) is 4.74 Å². The summed E-state index contributed by atoms with van der Waals surface area (Å²) < 4.78 is 32.5. The molecule has 1 aromatic heterocycles. The van der Waals surface area contributed by atoms with Crippen molar-refractivity contribution < 1.29 is 13.2 Å². The van der Waals surface area contributed by atoms with Crippen molar-refractivity contribution in [3.05, 3.63) is 41.3 Å². The van der Waals surface area contributed by atoms with Crippen LogP contribution in [0.1, 0.15) is 25.3 Å². The van der Waals surface area contributed by atoms with Crippen molar-refractivity contribution >= 4 is 27.0 Å². The number of sulfonamides is 1. The van der Waals surface area contributed by atoms with Crippen LogP contribution in [0.5, 0.6) is 5.75 Å². The molecule has 2 aromatic rings. The summed E-state index contributed by atoms with van der Waals surface area (Å²) in [7, 11) is -2.02. The first kappa shape index (κ1) is 14.9. The second kappa shape index (κ2) is 5.85. The van der Waals surface area contributed by atoms with E-state index >= 15 is 0 Å². The maximum atomic E-state index is 12.2. The maximum Gasteiger partial charge on any atom is 0.271 e. The Balaban J connectivity index is 2.34. The summed E-state index contributed by atoms with van der Waals surface area (Å²) in [4.78, 5) is 0. The van der Waals surface area contributed by atoms with E-state index in [1.165, 1.54) is 18.4 Å². The van der Waals surface area contributed by atoms with Gasteiger partial charge in [0, 0.05) is 0 Å². The Morgan fingerprint density at radius 2 is 2.00 bits per heavy atom. The number of methoxy groups -OCH3 is 1. The first-order chi connectivity index (χ1) is 9.44. The average Bonchev–Trinajstić information content (AvgIpc) is 2.93. The highest BCUT2D eigenvalue weighted by atomic mass is 32.2. The van der Waals surface area contributed by atoms with Crippen molar-refractivity contribution in [3.8, 4) is 5.75 Å². The molecule has 1 N–H and O–H groups in total. The quantitative estimate of drug-likeness (QED) is 0.916. The first-order valence-corrected chi connectivity index (χ1v) is 8.54. The predicted octanol–water partition coefficient (Wildman–Crippen LogP) is 3.68. The highest BCUT2D eigenvalue weighted by Gasteiger charge is 2.17. The topological polar surface area (TPSA) is 55.4 Å². The van der Waals surface area contributed by atoms with Gasteiger partial charge >= 0.3 is 0 Å². The van der Waals surface area contributed by atoms with Crippen LogP contribution < -0.4 is 9.46 Å². The van der Waals surface area contributed by atoms with E-state index in [1.54, 1.807) is 23.6 Å². The van der Waals surface area contributed by atoms with Gasteiger partial charge in [0.05, 0.1) is 12.8 Å². The van der Waals surface area contributed by atoms with Gasteiger partial charge in [-0.2, -0.15) is 0 Å². The Hall–Kier alpha value is -1.53. The van der Waals surface area contributed by atoms with Crippen molar-refractivity contribution in [2.45, 2.75) is 24.0 Å². The molecule has 1 aromatic carbocycles. The molecule has 0 radical (unpaired) electrons. The van der Waals surface area contributed by atoms with Gasteiger partial charge in [0.1, 0.15) is 9.96 Å². The van der Waals surface area contributed by atoms with Crippen LogP contribution in [0.25, 0.3) is 0 Å². The summed E-state index contributed by atoms with van der Waals surface area (Å²) in [5, 5.41) is 1.73. The van der Waals surface area contributed by atoms with Crippen LogP contribution in [-0.4, -0.2) is 15.5 Å². The number of thiophene rings is 1. The fourth-order valence-corrected chi connectivity index (χ4v) is 3.83. The molecule has 0 fully saturated rings. The minimum atomic E-state index is -3.55. The van der Waals surface area contributed by atoms with E-state index in [0.717, 1.165) is 5.56 Å². The molecule has 0 saturated heterocycles. The Morgan fingerprint density at radius 3 is 2.55 bits per heavy atom. The van der Waals surface area contributed by atoms with Gasteiger partial charge in [0.15, 0.2) is 0 Å². The van der Waals surface area contributed by atoms with Gasteiger partial charge in [-0.1, -0.05) is 26.0 Å². The highest BCUT2D eigenvalue weighted by Crippen LogP contribution is 2.31. The van der Waals surface area contributed by atoms with Gasteiger partial charge in [-0.15, -0.1) is 11.3 Å². The van der Waals surface area contributed by atoms with Crippen molar-refractivity contribution in [2.75, 3.05) is 11.8 Å². The van der Waals surface area contributed by atoms with E-state index in [2.05, 4.69) is 18.6 Å². The minimum Gasteiger partial charge on any atom is -0.495 e. The zero-order chi connectivity index (χ0) is 14.8. The SMILES string of the molecule is COc1cc(C(C)C)ccc1NS(=O)(=O)c1cccs1. The molecule has 0 aliphatic heterocycles. The van der Waals surface area contributed by atoms with Crippen LogP contribution in [0.4, 0.5) is 5.69 Å². The van der Waals surface area contributed by atoms with Gasteiger partial charge in [0.2, 0.25) is 0 Å². The Kier molecular flexibility index (Phi) is 4.35. The lowest BCUT2D eigenvalue weighted by Gasteiger charge is -2.14. The molecule has 0 unspecified atom stereocenters. The van der Waals surface area contributed by atoms with Crippen LogP contribution >= 0.6 is 11.3 Å². The summed E-state index contributed by atoms with van der Waals surface area (Å²) >= 11 is 1.18. The first-order valence-electron chi connectivity index (χ1n) is 6.18. The van der Waals surface area contributed by atoms with E-state index in [1.807, 2.05) is 12.1 Å². The third-order valence-corrected chi connectivity index (χ3v) is 5.66. The summed E-state index contributed by atoms with van der Waals surface area (Å²) in [5.74, 6) is 0.878. The van der Waals surface area contributed by atoms with Crippen LogP contribution in [0.3, 0.4) is 0 Å². The molecular formula is C14H17NO3S2. The van der Waals surface area contributed by atoms with Crippen molar-refractivity contribution in [2.24, 2.45) is 0 Å². The highest BCUT2D eigenvalue weighted by molar-refractivity contribution is 7.94. The number of benzene rings is 1. The summed E-state index contributed by atoms with van der Waals surface area (Å²) in [6, 6.07) is 8.77. The van der Waals surface area contributed by atoms with E-state index in [0.29, 0.717) is 17.4 Å². The normalized spacial score (nSPS) is 11.6. The third-order valence-electron chi connectivity index (χ3n) is 2.90. The molecule has 4 nitrogen and oxygen atoms in total. The number of ether oxygens (including phenoxy) is 1. The van der Waals surface area contributed by atoms with E-state index < -0.39 is 10.0 Å². The van der Waals surface area contributed by atoms with Crippen LogP contribution in [0.2, 0.25) is 0 Å². The summed E-state index contributed by atoms with van der Waals surface area (Å²) in [5.41, 5.74) is 1.55. The number of nitrogens with one attached hydrogen (secondary N) is 1. The molecule has 0 spiro atoms. The molecule has 0 saturated carbocycles. The lowest BCUT2D eigenvalue weighted by molar-refractivity contribution is 0.416. The lowest BCUT2D eigenvalue weighted by Crippen LogP contribution is -2.12. The Labute approximate surface area is 123 Å².